The lowest BCUT2D eigenvalue weighted by atomic mass is 9.96. The number of nitrogens with one attached hydrogen (secondary N) is 1. The normalized spacial score (nSPS) is 25.3. The van der Waals surface area contributed by atoms with Crippen LogP contribution in [-0.2, 0) is 52.2 Å². The average molecular weight is 473 g/mol. The molecule has 5 atom stereocenters. The molecule has 0 aliphatic carbocycles. The zero-order valence-electron chi connectivity index (χ0n) is 17.0. The molecule has 0 spiro atoms. The van der Waals surface area contributed by atoms with E-state index in [1.54, 1.807) is 0 Å². The van der Waals surface area contributed by atoms with E-state index < -0.39 is 82.4 Å². The molecule has 1 amide bonds. The van der Waals surface area contributed by atoms with Crippen molar-refractivity contribution in [1.29, 1.82) is 0 Å². The van der Waals surface area contributed by atoms with Gasteiger partial charge in [0.15, 0.2) is 18.5 Å². The predicted octanol–water partition coefficient (Wildman–Crippen LogP) is 0.368. The topological polar surface area (TPSA) is 153 Å². The fourth-order valence-electron chi connectivity index (χ4n) is 2.69. The summed E-state index contributed by atoms with van der Waals surface area (Å²) in [5.41, 5.74) is 0. The first-order valence-electron chi connectivity index (χ1n) is 8.75. The van der Waals surface area contributed by atoms with Crippen LogP contribution >= 0.6 is 8.77 Å². The third-order valence-corrected chi connectivity index (χ3v) is 3.95. The van der Waals surface area contributed by atoms with E-state index in [-0.39, 0.29) is 0 Å². The first-order chi connectivity index (χ1) is 14.4. The first-order valence-corrected chi connectivity index (χ1v) is 9.79. The number of hydrogen-bond acceptors (Lipinski definition) is 11. The maximum absolute atomic E-state index is 12.2. The van der Waals surface area contributed by atoms with Crippen LogP contribution in [0.1, 0.15) is 27.7 Å². The molecule has 1 aliphatic rings. The number of hydrogen-bond donors (Lipinski definition) is 1. The van der Waals surface area contributed by atoms with E-state index in [4.69, 9.17) is 23.7 Å². The highest BCUT2D eigenvalue weighted by Gasteiger charge is 2.51. The van der Waals surface area contributed by atoms with Gasteiger partial charge in [0.25, 0.3) is 0 Å². The molecule has 12 nitrogen and oxygen atoms in total. The molecule has 0 aromatic heterocycles. The van der Waals surface area contributed by atoms with Crippen LogP contribution in [0.15, 0.2) is 0 Å². The number of esters is 3. The van der Waals surface area contributed by atoms with Crippen LogP contribution in [0, 0.1) is 0 Å². The number of ether oxygens (including phenoxy) is 5. The van der Waals surface area contributed by atoms with Gasteiger partial charge in [0.1, 0.15) is 25.4 Å². The molecule has 1 heterocycles. The van der Waals surface area contributed by atoms with E-state index >= 15 is 0 Å². The number of carbonyl (C=O) groups excluding carboxylic acids is 5. The van der Waals surface area contributed by atoms with Crippen LogP contribution in [0.25, 0.3) is 0 Å². The molecule has 1 rings (SSSR count). The van der Waals surface area contributed by atoms with Crippen LogP contribution < -0.4 is 5.32 Å². The van der Waals surface area contributed by atoms with Gasteiger partial charge in [-0.3, -0.25) is 19.2 Å². The van der Waals surface area contributed by atoms with Crippen molar-refractivity contribution >= 4 is 38.6 Å². The molecule has 0 bridgehead atoms. The Hall–Kier alpha value is -2.44. The monoisotopic (exact) mass is 473 g/mol. The molecule has 176 valence electrons. The summed E-state index contributed by atoms with van der Waals surface area (Å²) in [6, 6.07) is -1.33. The Labute approximate surface area is 176 Å². The summed E-state index contributed by atoms with van der Waals surface area (Å²) in [6.45, 7) is 2.84. The second-order valence-corrected chi connectivity index (χ2v) is 6.78. The smallest absolute Gasteiger partial charge is 0.463 e. The highest BCUT2D eigenvalue weighted by atomic mass is 31.2. The Morgan fingerprint density at radius 1 is 0.935 bits per heavy atom. The molecule has 1 aliphatic heterocycles. The molecule has 5 unspecified atom stereocenters. The zero-order valence-corrected chi connectivity index (χ0v) is 17.9. The summed E-state index contributed by atoms with van der Waals surface area (Å²) >= 11 is 0. The van der Waals surface area contributed by atoms with Crippen LogP contribution in [0.5, 0.6) is 0 Å². The van der Waals surface area contributed by atoms with Crippen molar-refractivity contribution in [2.24, 2.45) is 0 Å². The van der Waals surface area contributed by atoms with Gasteiger partial charge < -0.3 is 33.5 Å². The van der Waals surface area contributed by atoms with Crippen molar-refractivity contribution in [3.8, 4) is 0 Å². The van der Waals surface area contributed by atoms with Gasteiger partial charge in [0, 0.05) is 27.7 Å². The Bertz CT molecular complexity index is 692. The molecule has 1 saturated heterocycles. The van der Waals surface area contributed by atoms with Crippen molar-refractivity contribution in [2.45, 2.75) is 58.3 Å². The van der Waals surface area contributed by atoms with Gasteiger partial charge in [-0.1, -0.05) is 0 Å². The van der Waals surface area contributed by atoms with Gasteiger partial charge in [-0.15, -0.1) is 8.39 Å². The molecule has 1 fully saturated rings. The number of halogens is 2. The van der Waals surface area contributed by atoms with E-state index in [0.717, 1.165) is 27.7 Å². The van der Waals surface area contributed by atoms with Gasteiger partial charge in [0.2, 0.25) is 5.91 Å². The van der Waals surface area contributed by atoms with Crippen molar-refractivity contribution in [3.05, 3.63) is 0 Å². The Morgan fingerprint density at radius 2 is 1.52 bits per heavy atom. The Balaban J connectivity index is 3.23. The summed E-state index contributed by atoms with van der Waals surface area (Å²) in [4.78, 5) is 57.5. The highest BCUT2D eigenvalue weighted by Crippen LogP contribution is 2.39. The van der Waals surface area contributed by atoms with Crippen LogP contribution in [0.4, 0.5) is 8.39 Å². The number of carbonyl (C=O) groups is 5. The van der Waals surface area contributed by atoms with Crippen molar-refractivity contribution in [3.63, 3.8) is 0 Å². The minimum absolute atomic E-state index is 0.484. The minimum Gasteiger partial charge on any atom is -0.463 e. The van der Waals surface area contributed by atoms with Gasteiger partial charge in [-0.25, -0.2) is 4.79 Å². The first kappa shape index (κ1) is 26.6. The van der Waals surface area contributed by atoms with Crippen LogP contribution in [0.2, 0.25) is 0 Å². The molecule has 1 N–H and O–H groups in total. The highest BCUT2D eigenvalue weighted by molar-refractivity contribution is 7.41. The van der Waals surface area contributed by atoms with Crippen molar-refractivity contribution < 1.29 is 60.6 Å². The molecule has 15 heteroatoms. The SMILES string of the molecule is CC(=O)NC1C(OCC(=O)OP(F)F)OC(COC(C)=O)C(OC(C)=O)C1OC(C)=O. The van der Waals surface area contributed by atoms with E-state index in [1.807, 2.05) is 0 Å². The largest absolute Gasteiger partial charge is 0.483 e. The van der Waals surface area contributed by atoms with Crippen molar-refractivity contribution in [2.75, 3.05) is 13.2 Å². The van der Waals surface area contributed by atoms with E-state index in [1.165, 1.54) is 0 Å². The quantitative estimate of drug-likeness (QED) is 0.281. The number of rotatable bonds is 9. The molecule has 0 aromatic rings. The summed E-state index contributed by atoms with van der Waals surface area (Å²) in [5.74, 6) is -4.40. The van der Waals surface area contributed by atoms with Gasteiger partial charge in [0.05, 0.1) is 0 Å². The third kappa shape index (κ3) is 9.49. The molecule has 0 radical (unpaired) electrons. The van der Waals surface area contributed by atoms with Gasteiger partial charge in [-0.2, -0.15) is 0 Å². The number of amides is 1. The summed E-state index contributed by atoms with van der Waals surface area (Å²) in [5, 5.41) is 2.38. The predicted molar refractivity (Wildman–Crippen MR) is 95.2 cm³/mol. The van der Waals surface area contributed by atoms with E-state index in [2.05, 4.69) is 9.84 Å². The van der Waals surface area contributed by atoms with Crippen LogP contribution in [-0.4, -0.2) is 73.6 Å². The summed E-state index contributed by atoms with van der Waals surface area (Å²) in [7, 11) is -3.98. The lowest BCUT2D eigenvalue weighted by Gasteiger charge is -2.44. The molecular weight excluding hydrogens is 451 g/mol. The second kappa shape index (κ2) is 12.4. The summed E-state index contributed by atoms with van der Waals surface area (Å²) in [6.07, 6.45) is -5.57. The van der Waals surface area contributed by atoms with Crippen molar-refractivity contribution in [1.82, 2.24) is 5.32 Å². The van der Waals surface area contributed by atoms with E-state index in [0.29, 0.717) is 0 Å². The second-order valence-electron chi connectivity index (χ2n) is 6.20. The van der Waals surface area contributed by atoms with E-state index in [9.17, 15) is 32.4 Å². The molecule has 31 heavy (non-hydrogen) atoms. The fourth-order valence-corrected chi connectivity index (χ4v) is 2.89. The lowest BCUT2D eigenvalue weighted by molar-refractivity contribution is -0.277. The maximum atomic E-state index is 12.2. The third-order valence-electron chi connectivity index (χ3n) is 3.61. The van der Waals surface area contributed by atoms with Gasteiger partial charge in [-0.05, 0) is 0 Å². The Kier molecular flexibility index (Phi) is 10.7. The lowest BCUT2D eigenvalue weighted by Crippen LogP contribution is -2.66. The maximum Gasteiger partial charge on any atom is 0.483 e. The summed E-state index contributed by atoms with van der Waals surface area (Å²) < 4.78 is 54.1. The average Bonchev–Trinajstić information content (AvgIpc) is 2.60. The van der Waals surface area contributed by atoms with Crippen LogP contribution in [0.3, 0.4) is 0 Å². The van der Waals surface area contributed by atoms with Gasteiger partial charge >= 0.3 is 32.6 Å². The zero-order chi connectivity index (χ0) is 23.7. The Morgan fingerprint density at radius 3 is 2.00 bits per heavy atom. The standard InChI is InChI=1S/C16H22F2NO11P/c1-7(20)19-13-15(28-10(4)23)14(27-9(3)22)11(5-25-8(2)21)29-16(13)26-6-12(24)30-31(17)18/h11,13-16H,5-6H2,1-4H3,(H,19,20). The molecule has 0 saturated carbocycles. The molecule has 0 aromatic carbocycles. The fraction of sp³-hybridized carbons (Fsp3) is 0.688. The molecular formula is C16H22F2NO11P. The minimum atomic E-state index is -3.98.